The number of rotatable bonds is 4. The molecule has 0 saturated heterocycles. The van der Waals surface area contributed by atoms with Crippen LogP contribution in [0.15, 0.2) is 42.5 Å². The van der Waals surface area contributed by atoms with Crippen molar-refractivity contribution in [2.75, 3.05) is 12.3 Å². The molecule has 19 heavy (non-hydrogen) atoms. The third-order valence-corrected chi connectivity index (χ3v) is 2.87. The first-order valence-electron chi connectivity index (χ1n) is 5.98. The molecule has 2 aromatic rings. The Labute approximate surface area is 111 Å². The smallest absolute Gasteiger partial charge is 0.129 e. The van der Waals surface area contributed by atoms with E-state index in [9.17, 15) is 9.50 Å². The molecule has 100 valence electrons. The molecule has 0 aliphatic heterocycles. The molecule has 0 bridgehead atoms. The van der Waals surface area contributed by atoms with Gasteiger partial charge in [-0.2, -0.15) is 0 Å². The lowest BCUT2D eigenvalue weighted by atomic mass is 10.1. The van der Waals surface area contributed by atoms with Crippen molar-refractivity contribution in [1.29, 1.82) is 0 Å². The zero-order chi connectivity index (χ0) is 13.8. The van der Waals surface area contributed by atoms with E-state index in [4.69, 9.17) is 10.5 Å². The fraction of sp³-hybridized carbons (Fsp3) is 0.200. The van der Waals surface area contributed by atoms with Gasteiger partial charge in [0.15, 0.2) is 0 Å². The fourth-order valence-electron chi connectivity index (χ4n) is 1.65. The standard InChI is InChI=1S/C15H16FNO2/c1-10-2-7-13(8-14(10)16)19-9-15(18)11-3-5-12(17)6-4-11/h2-8,15,18H,9,17H2,1H3. The summed E-state index contributed by atoms with van der Waals surface area (Å²) in [4.78, 5) is 0. The van der Waals surface area contributed by atoms with E-state index in [1.54, 1.807) is 43.3 Å². The Morgan fingerprint density at radius 1 is 1.21 bits per heavy atom. The van der Waals surface area contributed by atoms with E-state index in [0.29, 0.717) is 22.6 Å². The number of hydrogen-bond acceptors (Lipinski definition) is 3. The molecule has 0 heterocycles. The number of halogens is 1. The highest BCUT2D eigenvalue weighted by molar-refractivity contribution is 5.39. The molecule has 4 heteroatoms. The van der Waals surface area contributed by atoms with Crippen molar-refractivity contribution in [2.24, 2.45) is 0 Å². The van der Waals surface area contributed by atoms with Crippen LogP contribution in [0.3, 0.4) is 0 Å². The molecular weight excluding hydrogens is 245 g/mol. The molecule has 0 spiro atoms. The summed E-state index contributed by atoms with van der Waals surface area (Å²) < 4.78 is 18.7. The molecule has 2 rings (SSSR count). The Bertz CT molecular complexity index is 555. The normalized spacial score (nSPS) is 12.2. The summed E-state index contributed by atoms with van der Waals surface area (Å²) in [6.07, 6.45) is -0.773. The van der Waals surface area contributed by atoms with Crippen molar-refractivity contribution >= 4 is 5.69 Å². The van der Waals surface area contributed by atoms with E-state index in [1.165, 1.54) is 6.07 Å². The molecule has 2 aromatic carbocycles. The largest absolute Gasteiger partial charge is 0.490 e. The molecule has 0 aromatic heterocycles. The van der Waals surface area contributed by atoms with E-state index >= 15 is 0 Å². The van der Waals surface area contributed by atoms with Crippen LogP contribution in [0, 0.1) is 12.7 Å². The van der Waals surface area contributed by atoms with Gasteiger partial charge < -0.3 is 15.6 Å². The number of ether oxygens (including phenoxy) is 1. The van der Waals surface area contributed by atoms with Crippen LogP contribution < -0.4 is 10.5 Å². The predicted molar refractivity (Wildman–Crippen MR) is 72.4 cm³/mol. The molecule has 3 N–H and O–H groups in total. The van der Waals surface area contributed by atoms with E-state index in [0.717, 1.165) is 0 Å². The summed E-state index contributed by atoms with van der Waals surface area (Å²) in [6.45, 7) is 1.74. The van der Waals surface area contributed by atoms with Gasteiger partial charge in [-0.3, -0.25) is 0 Å². The Morgan fingerprint density at radius 2 is 1.89 bits per heavy atom. The first kappa shape index (κ1) is 13.4. The third-order valence-electron chi connectivity index (χ3n) is 2.87. The second-order valence-corrected chi connectivity index (χ2v) is 4.40. The van der Waals surface area contributed by atoms with Crippen molar-refractivity contribution in [1.82, 2.24) is 0 Å². The van der Waals surface area contributed by atoms with Crippen LogP contribution in [0.1, 0.15) is 17.2 Å². The van der Waals surface area contributed by atoms with Crippen LogP contribution in [0.25, 0.3) is 0 Å². The van der Waals surface area contributed by atoms with Gasteiger partial charge >= 0.3 is 0 Å². The van der Waals surface area contributed by atoms with Crippen LogP contribution >= 0.6 is 0 Å². The van der Waals surface area contributed by atoms with Crippen LogP contribution in [0.2, 0.25) is 0 Å². The molecule has 0 radical (unpaired) electrons. The van der Waals surface area contributed by atoms with E-state index in [2.05, 4.69) is 0 Å². The SMILES string of the molecule is Cc1ccc(OCC(O)c2ccc(N)cc2)cc1F. The van der Waals surface area contributed by atoms with Gasteiger partial charge in [-0.15, -0.1) is 0 Å². The number of aryl methyl sites for hydroxylation is 1. The van der Waals surface area contributed by atoms with Crippen molar-refractivity contribution in [3.63, 3.8) is 0 Å². The molecule has 0 aliphatic carbocycles. The van der Waals surface area contributed by atoms with Crippen molar-refractivity contribution in [3.05, 3.63) is 59.4 Å². The summed E-state index contributed by atoms with van der Waals surface area (Å²) in [6, 6.07) is 11.5. The average Bonchev–Trinajstić information content (AvgIpc) is 2.40. The number of nitrogens with two attached hydrogens (primary N) is 1. The minimum Gasteiger partial charge on any atom is -0.490 e. The van der Waals surface area contributed by atoms with Gasteiger partial charge in [0.1, 0.15) is 24.3 Å². The molecule has 3 nitrogen and oxygen atoms in total. The number of hydrogen-bond donors (Lipinski definition) is 2. The second kappa shape index (κ2) is 5.71. The molecule has 0 aliphatic rings. The first-order chi connectivity index (χ1) is 9.06. The highest BCUT2D eigenvalue weighted by atomic mass is 19.1. The molecular formula is C15H16FNO2. The van der Waals surface area contributed by atoms with Gasteiger partial charge in [0.2, 0.25) is 0 Å². The average molecular weight is 261 g/mol. The van der Waals surface area contributed by atoms with Crippen LogP contribution in [-0.4, -0.2) is 11.7 Å². The zero-order valence-corrected chi connectivity index (χ0v) is 10.6. The minimum absolute atomic E-state index is 0.0619. The molecule has 0 saturated carbocycles. The highest BCUT2D eigenvalue weighted by Crippen LogP contribution is 2.19. The topological polar surface area (TPSA) is 55.5 Å². The van der Waals surface area contributed by atoms with Crippen molar-refractivity contribution < 1.29 is 14.2 Å². The van der Waals surface area contributed by atoms with Gasteiger partial charge in [-0.1, -0.05) is 18.2 Å². The first-order valence-corrected chi connectivity index (χ1v) is 5.98. The quantitative estimate of drug-likeness (QED) is 0.832. The lowest BCUT2D eigenvalue weighted by Gasteiger charge is -2.13. The number of anilines is 1. The Morgan fingerprint density at radius 3 is 2.53 bits per heavy atom. The summed E-state index contributed by atoms with van der Waals surface area (Å²) in [5.74, 6) is 0.0806. The van der Waals surface area contributed by atoms with E-state index in [1.807, 2.05) is 0 Å². The Kier molecular flexibility index (Phi) is 4.02. The summed E-state index contributed by atoms with van der Waals surface area (Å²) in [5, 5.41) is 9.94. The second-order valence-electron chi connectivity index (χ2n) is 4.40. The minimum atomic E-state index is -0.773. The number of nitrogen functional groups attached to an aromatic ring is 1. The van der Waals surface area contributed by atoms with Gasteiger partial charge in [0, 0.05) is 11.8 Å². The lowest BCUT2D eigenvalue weighted by Crippen LogP contribution is -2.09. The maximum atomic E-state index is 13.3. The number of benzene rings is 2. The Hall–Kier alpha value is -2.07. The Balaban J connectivity index is 1.98. The summed E-state index contributed by atoms with van der Waals surface area (Å²) in [5.41, 5.74) is 7.48. The highest BCUT2D eigenvalue weighted by Gasteiger charge is 2.09. The third kappa shape index (κ3) is 3.45. The monoisotopic (exact) mass is 261 g/mol. The molecule has 0 amide bonds. The van der Waals surface area contributed by atoms with Gasteiger partial charge in [-0.05, 0) is 36.2 Å². The zero-order valence-electron chi connectivity index (χ0n) is 10.6. The lowest BCUT2D eigenvalue weighted by molar-refractivity contribution is 0.108. The van der Waals surface area contributed by atoms with Crippen molar-refractivity contribution in [3.8, 4) is 5.75 Å². The maximum absolute atomic E-state index is 13.3. The van der Waals surface area contributed by atoms with E-state index < -0.39 is 6.10 Å². The number of aliphatic hydroxyl groups excluding tert-OH is 1. The summed E-state index contributed by atoms with van der Waals surface area (Å²) in [7, 11) is 0. The van der Waals surface area contributed by atoms with Gasteiger partial charge in [0.05, 0.1) is 0 Å². The molecule has 0 fully saturated rings. The van der Waals surface area contributed by atoms with Crippen LogP contribution in [0.5, 0.6) is 5.75 Å². The predicted octanol–water partition coefficient (Wildman–Crippen LogP) is 2.83. The fourth-order valence-corrected chi connectivity index (χ4v) is 1.65. The van der Waals surface area contributed by atoms with Gasteiger partial charge in [-0.25, -0.2) is 4.39 Å². The summed E-state index contributed by atoms with van der Waals surface area (Å²) >= 11 is 0. The van der Waals surface area contributed by atoms with Crippen molar-refractivity contribution in [2.45, 2.75) is 13.0 Å². The van der Waals surface area contributed by atoms with Crippen LogP contribution in [-0.2, 0) is 0 Å². The number of aliphatic hydroxyl groups is 1. The van der Waals surface area contributed by atoms with Crippen LogP contribution in [0.4, 0.5) is 10.1 Å². The molecule has 1 unspecified atom stereocenters. The van der Waals surface area contributed by atoms with E-state index in [-0.39, 0.29) is 12.4 Å². The van der Waals surface area contributed by atoms with Gasteiger partial charge in [0.25, 0.3) is 0 Å². The maximum Gasteiger partial charge on any atom is 0.129 e. The molecule has 1 atom stereocenters.